The Morgan fingerprint density at radius 1 is 1.53 bits per heavy atom. The van der Waals surface area contributed by atoms with Gasteiger partial charge in [0.1, 0.15) is 5.82 Å². The molecule has 1 heterocycles. The van der Waals surface area contributed by atoms with E-state index in [2.05, 4.69) is 15.6 Å². The van der Waals surface area contributed by atoms with Gasteiger partial charge in [0.05, 0.1) is 17.3 Å². The molecule has 0 unspecified atom stereocenters. The number of hydrogen-bond acceptors (Lipinski definition) is 4. The number of nitrogen functional groups attached to an aromatic ring is 1. The van der Waals surface area contributed by atoms with Crippen molar-refractivity contribution in [2.75, 3.05) is 24.6 Å². The zero-order chi connectivity index (χ0) is 13.1. The Balaban J connectivity index is 2.67. The molecule has 0 bridgehead atoms. The van der Waals surface area contributed by atoms with E-state index in [1.807, 2.05) is 26.8 Å². The minimum absolute atomic E-state index is 0.00262. The number of aryl methyl sites for hydroxylation is 1. The maximum absolute atomic E-state index is 11.6. The van der Waals surface area contributed by atoms with Crippen molar-refractivity contribution < 1.29 is 4.79 Å². The first kappa shape index (κ1) is 13.3. The fraction of sp³-hybridized carbons (Fsp3) is 0.500. The minimum Gasteiger partial charge on any atom is -0.397 e. The van der Waals surface area contributed by atoms with E-state index in [1.54, 1.807) is 13.2 Å². The fourth-order valence-corrected chi connectivity index (χ4v) is 1.39. The van der Waals surface area contributed by atoms with E-state index in [4.69, 9.17) is 5.73 Å². The molecule has 1 aromatic heterocycles. The molecule has 94 valence electrons. The fourth-order valence-electron chi connectivity index (χ4n) is 1.39. The van der Waals surface area contributed by atoms with Crippen LogP contribution < -0.4 is 16.4 Å². The number of aromatic nitrogens is 1. The van der Waals surface area contributed by atoms with Gasteiger partial charge in [0, 0.05) is 13.6 Å². The van der Waals surface area contributed by atoms with Crippen molar-refractivity contribution >= 4 is 17.4 Å². The van der Waals surface area contributed by atoms with E-state index in [0.717, 1.165) is 11.4 Å². The second kappa shape index (κ2) is 5.03. The van der Waals surface area contributed by atoms with Crippen LogP contribution in [-0.2, 0) is 4.79 Å². The monoisotopic (exact) mass is 236 g/mol. The van der Waals surface area contributed by atoms with E-state index in [-0.39, 0.29) is 5.91 Å². The minimum atomic E-state index is -0.480. The number of nitrogens with one attached hydrogen (secondary N) is 2. The van der Waals surface area contributed by atoms with Crippen LogP contribution in [0.3, 0.4) is 0 Å². The smallest absolute Gasteiger partial charge is 0.227 e. The average Bonchev–Trinajstić information content (AvgIpc) is 2.29. The summed E-state index contributed by atoms with van der Waals surface area (Å²) in [6.45, 7) is 6.20. The SMILES string of the molecule is CNC(=O)C(C)(C)CNc1cc(C)c(N)cn1. The van der Waals surface area contributed by atoms with Crippen molar-refractivity contribution in [3.05, 3.63) is 17.8 Å². The average molecular weight is 236 g/mol. The number of carbonyl (C=O) groups excluding carboxylic acids is 1. The second-order valence-corrected chi connectivity index (χ2v) is 4.74. The highest BCUT2D eigenvalue weighted by Gasteiger charge is 2.26. The lowest BCUT2D eigenvalue weighted by Gasteiger charge is -2.23. The third-order valence-electron chi connectivity index (χ3n) is 2.70. The van der Waals surface area contributed by atoms with Crippen LogP contribution in [0.1, 0.15) is 19.4 Å². The predicted molar refractivity (Wildman–Crippen MR) is 69.7 cm³/mol. The van der Waals surface area contributed by atoms with E-state index in [9.17, 15) is 4.79 Å². The predicted octanol–water partition coefficient (Wildman–Crippen LogP) is 1.16. The molecular formula is C12H20N4O. The molecule has 0 aromatic carbocycles. The topological polar surface area (TPSA) is 80.0 Å². The van der Waals surface area contributed by atoms with Crippen molar-refractivity contribution in [1.82, 2.24) is 10.3 Å². The summed E-state index contributed by atoms with van der Waals surface area (Å²) in [4.78, 5) is 15.7. The van der Waals surface area contributed by atoms with Gasteiger partial charge in [-0.1, -0.05) is 0 Å². The summed E-state index contributed by atoms with van der Waals surface area (Å²) in [5.74, 6) is 0.728. The number of hydrogen-bond donors (Lipinski definition) is 3. The Morgan fingerprint density at radius 3 is 2.71 bits per heavy atom. The lowest BCUT2D eigenvalue weighted by atomic mass is 9.92. The highest BCUT2D eigenvalue weighted by Crippen LogP contribution is 2.18. The van der Waals surface area contributed by atoms with Crippen LogP contribution in [0, 0.1) is 12.3 Å². The Labute approximate surface area is 102 Å². The first-order valence-electron chi connectivity index (χ1n) is 5.55. The third kappa shape index (κ3) is 3.34. The standard InChI is InChI=1S/C12H20N4O/c1-8-5-10(15-6-9(8)13)16-7-12(2,3)11(17)14-4/h5-6H,7,13H2,1-4H3,(H,14,17)(H,15,16). The zero-order valence-corrected chi connectivity index (χ0v) is 10.8. The van der Waals surface area contributed by atoms with E-state index < -0.39 is 5.41 Å². The molecule has 4 N–H and O–H groups in total. The van der Waals surface area contributed by atoms with Crippen LogP contribution >= 0.6 is 0 Å². The van der Waals surface area contributed by atoms with Crippen LogP contribution in [0.25, 0.3) is 0 Å². The van der Waals surface area contributed by atoms with Crippen molar-refractivity contribution in [1.29, 1.82) is 0 Å². The molecule has 1 rings (SSSR count). The summed E-state index contributed by atoms with van der Waals surface area (Å²) >= 11 is 0. The van der Waals surface area contributed by atoms with E-state index in [0.29, 0.717) is 12.2 Å². The molecule has 0 atom stereocenters. The van der Waals surface area contributed by atoms with Crippen LogP contribution in [0.4, 0.5) is 11.5 Å². The molecule has 1 amide bonds. The number of carbonyl (C=O) groups is 1. The zero-order valence-electron chi connectivity index (χ0n) is 10.8. The van der Waals surface area contributed by atoms with Crippen molar-refractivity contribution in [2.24, 2.45) is 5.41 Å². The van der Waals surface area contributed by atoms with E-state index in [1.165, 1.54) is 0 Å². The van der Waals surface area contributed by atoms with Crippen molar-refractivity contribution in [3.63, 3.8) is 0 Å². The van der Waals surface area contributed by atoms with Gasteiger partial charge in [0.2, 0.25) is 5.91 Å². The van der Waals surface area contributed by atoms with Crippen LogP contribution in [0.5, 0.6) is 0 Å². The lowest BCUT2D eigenvalue weighted by Crippen LogP contribution is -2.39. The van der Waals surface area contributed by atoms with Gasteiger partial charge in [0.25, 0.3) is 0 Å². The molecule has 1 aromatic rings. The van der Waals surface area contributed by atoms with Gasteiger partial charge >= 0.3 is 0 Å². The number of nitrogens with zero attached hydrogens (tertiary/aromatic N) is 1. The number of nitrogens with two attached hydrogens (primary N) is 1. The maximum Gasteiger partial charge on any atom is 0.227 e. The lowest BCUT2D eigenvalue weighted by molar-refractivity contribution is -0.128. The first-order valence-corrected chi connectivity index (χ1v) is 5.55. The summed E-state index contributed by atoms with van der Waals surface area (Å²) in [7, 11) is 1.63. The van der Waals surface area contributed by atoms with Crippen LogP contribution in [0.2, 0.25) is 0 Å². The van der Waals surface area contributed by atoms with Gasteiger partial charge in [-0.25, -0.2) is 4.98 Å². The molecule has 0 saturated heterocycles. The molecule has 0 spiro atoms. The van der Waals surface area contributed by atoms with Gasteiger partial charge in [-0.3, -0.25) is 4.79 Å². The van der Waals surface area contributed by atoms with Crippen molar-refractivity contribution in [3.8, 4) is 0 Å². The van der Waals surface area contributed by atoms with Gasteiger partial charge < -0.3 is 16.4 Å². The Morgan fingerprint density at radius 2 is 2.18 bits per heavy atom. The number of rotatable bonds is 4. The van der Waals surface area contributed by atoms with Crippen LogP contribution in [0.15, 0.2) is 12.3 Å². The van der Waals surface area contributed by atoms with Gasteiger partial charge in [-0.05, 0) is 32.4 Å². The van der Waals surface area contributed by atoms with Gasteiger partial charge in [0.15, 0.2) is 0 Å². The molecule has 0 aliphatic carbocycles. The second-order valence-electron chi connectivity index (χ2n) is 4.74. The summed E-state index contributed by atoms with van der Waals surface area (Å²) in [5.41, 5.74) is 6.85. The third-order valence-corrected chi connectivity index (χ3v) is 2.70. The number of pyridine rings is 1. The molecule has 5 heteroatoms. The molecule has 17 heavy (non-hydrogen) atoms. The van der Waals surface area contributed by atoms with Crippen molar-refractivity contribution in [2.45, 2.75) is 20.8 Å². The Bertz CT molecular complexity index is 415. The Hall–Kier alpha value is -1.78. The highest BCUT2D eigenvalue weighted by molar-refractivity contribution is 5.82. The summed E-state index contributed by atoms with van der Waals surface area (Å²) < 4.78 is 0. The number of amides is 1. The molecule has 0 fully saturated rings. The molecule has 0 aliphatic rings. The highest BCUT2D eigenvalue weighted by atomic mass is 16.2. The summed E-state index contributed by atoms with van der Waals surface area (Å²) in [6.07, 6.45) is 1.62. The van der Waals surface area contributed by atoms with Crippen LogP contribution in [-0.4, -0.2) is 24.5 Å². The quantitative estimate of drug-likeness (QED) is 0.732. The van der Waals surface area contributed by atoms with Gasteiger partial charge in [-0.15, -0.1) is 0 Å². The number of anilines is 2. The normalized spacial score (nSPS) is 11.1. The molecule has 5 nitrogen and oxygen atoms in total. The van der Waals surface area contributed by atoms with E-state index >= 15 is 0 Å². The molecule has 0 radical (unpaired) electrons. The Kier molecular flexibility index (Phi) is 3.93. The first-order chi connectivity index (χ1) is 7.86. The molecule has 0 saturated carbocycles. The van der Waals surface area contributed by atoms with Gasteiger partial charge in [-0.2, -0.15) is 0 Å². The molecule has 0 aliphatic heterocycles. The summed E-state index contributed by atoms with van der Waals surface area (Å²) in [6, 6.07) is 1.87. The maximum atomic E-state index is 11.6. The molecular weight excluding hydrogens is 216 g/mol. The largest absolute Gasteiger partial charge is 0.397 e. The summed E-state index contributed by atoms with van der Waals surface area (Å²) in [5, 5.41) is 5.78.